The van der Waals surface area contributed by atoms with Gasteiger partial charge in [0.25, 0.3) is 0 Å². The number of phenolic OH excluding ortho intramolecular Hbond substituents is 1. The molecule has 5 heteroatoms. The average Bonchev–Trinajstić information content (AvgIpc) is 2.54. The van der Waals surface area contributed by atoms with Crippen LogP contribution in [0.1, 0.15) is 24.5 Å². The lowest BCUT2D eigenvalue weighted by molar-refractivity contribution is 0.237. The number of amides is 2. The molecule has 0 aromatic heterocycles. The minimum absolute atomic E-state index is 0.0352. The van der Waals surface area contributed by atoms with Crippen molar-refractivity contribution in [3.63, 3.8) is 0 Å². The Balaban J connectivity index is 1.65. The quantitative estimate of drug-likeness (QED) is 0.729. The zero-order chi connectivity index (χ0) is 17.4. The third kappa shape index (κ3) is 6.28. The summed E-state index contributed by atoms with van der Waals surface area (Å²) in [7, 11) is 0. The molecule has 2 aromatic carbocycles. The number of aromatic hydroxyl groups is 1. The van der Waals surface area contributed by atoms with Crippen LogP contribution in [0.5, 0.6) is 5.75 Å². The number of rotatable bonds is 7. The molecule has 0 fully saturated rings. The molecule has 24 heavy (non-hydrogen) atoms. The fourth-order valence-corrected chi connectivity index (χ4v) is 2.41. The van der Waals surface area contributed by atoms with Crippen LogP contribution in [0.4, 0.5) is 9.18 Å². The molecule has 1 atom stereocenters. The molecule has 128 valence electrons. The van der Waals surface area contributed by atoms with Gasteiger partial charge >= 0.3 is 6.03 Å². The van der Waals surface area contributed by atoms with Gasteiger partial charge in [0.15, 0.2) is 0 Å². The fourth-order valence-electron chi connectivity index (χ4n) is 2.41. The van der Waals surface area contributed by atoms with Gasteiger partial charge in [-0.2, -0.15) is 0 Å². The Labute approximate surface area is 141 Å². The maximum atomic E-state index is 13.1. The Bertz CT molecular complexity index is 659. The second-order valence-corrected chi connectivity index (χ2v) is 5.89. The van der Waals surface area contributed by atoms with Crippen LogP contribution in [0.25, 0.3) is 0 Å². The van der Waals surface area contributed by atoms with Crippen LogP contribution in [0.2, 0.25) is 0 Å². The highest BCUT2D eigenvalue weighted by molar-refractivity contribution is 5.74. The Morgan fingerprint density at radius 3 is 2.58 bits per heavy atom. The second-order valence-electron chi connectivity index (χ2n) is 5.89. The number of benzene rings is 2. The van der Waals surface area contributed by atoms with Gasteiger partial charge in [0.2, 0.25) is 0 Å². The first kappa shape index (κ1) is 17.8. The van der Waals surface area contributed by atoms with E-state index in [9.17, 15) is 14.3 Å². The van der Waals surface area contributed by atoms with E-state index in [1.54, 1.807) is 18.2 Å². The average molecular weight is 330 g/mol. The van der Waals surface area contributed by atoms with Crippen LogP contribution in [0.15, 0.2) is 48.5 Å². The maximum absolute atomic E-state index is 13.1. The number of urea groups is 1. The number of carbonyl (C=O) groups is 1. The van der Waals surface area contributed by atoms with Gasteiger partial charge in [0.1, 0.15) is 11.6 Å². The van der Waals surface area contributed by atoms with E-state index in [0.717, 1.165) is 24.0 Å². The molecule has 0 heterocycles. The van der Waals surface area contributed by atoms with E-state index < -0.39 is 0 Å². The highest BCUT2D eigenvalue weighted by atomic mass is 19.1. The van der Waals surface area contributed by atoms with E-state index in [1.165, 1.54) is 12.1 Å². The van der Waals surface area contributed by atoms with Crippen LogP contribution in [-0.2, 0) is 12.8 Å². The Hall–Kier alpha value is -2.56. The molecule has 2 rings (SSSR count). The van der Waals surface area contributed by atoms with Crippen LogP contribution in [0.3, 0.4) is 0 Å². The molecule has 0 saturated heterocycles. The second kappa shape index (κ2) is 8.91. The number of hydrogen-bond acceptors (Lipinski definition) is 2. The van der Waals surface area contributed by atoms with Crippen molar-refractivity contribution in [3.8, 4) is 5.75 Å². The van der Waals surface area contributed by atoms with E-state index in [0.29, 0.717) is 13.0 Å². The van der Waals surface area contributed by atoms with E-state index in [-0.39, 0.29) is 23.6 Å². The van der Waals surface area contributed by atoms with Gasteiger partial charge in [-0.3, -0.25) is 0 Å². The fraction of sp³-hybridized carbons (Fsp3) is 0.316. The first-order chi connectivity index (χ1) is 11.5. The summed E-state index contributed by atoms with van der Waals surface area (Å²) in [6.07, 6.45) is 2.22. The summed E-state index contributed by atoms with van der Waals surface area (Å²) < 4.78 is 13.1. The van der Waals surface area contributed by atoms with Crippen molar-refractivity contribution in [3.05, 3.63) is 65.5 Å². The monoisotopic (exact) mass is 330 g/mol. The summed E-state index contributed by atoms with van der Waals surface area (Å²) >= 11 is 0. The molecule has 3 N–H and O–H groups in total. The summed E-state index contributed by atoms with van der Waals surface area (Å²) in [5.41, 5.74) is 1.98. The lowest BCUT2D eigenvalue weighted by atomic mass is 10.1. The van der Waals surface area contributed by atoms with Gasteiger partial charge in [-0.25, -0.2) is 9.18 Å². The number of halogens is 1. The smallest absolute Gasteiger partial charge is 0.315 e. The molecule has 0 bridgehead atoms. The number of aryl methyl sites for hydroxylation is 1. The summed E-state index contributed by atoms with van der Waals surface area (Å²) in [6.45, 7) is 2.41. The number of carbonyl (C=O) groups excluding carboxylic acids is 1. The lowest BCUT2D eigenvalue weighted by Crippen LogP contribution is -2.41. The van der Waals surface area contributed by atoms with Gasteiger partial charge < -0.3 is 15.7 Å². The minimum Gasteiger partial charge on any atom is -0.508 e. The van der Waals surface area contributed by atoms with E-state index in [4.69, 9.17) is 0 Å². The van der Waals surface area contributed by atoms with E-state index in [1.807, 2.05) is 25.1 Å². The first-order valence-corrected chi connectivity index (χ1v) is 8.09. The molecule has 0 saturated carbocycles. The molecule has 0 radical (unpaired) electrons. The van der Waals surface area contributed by atoms with Gasteiger partial charge in [0, 0.05) is 12.6 Å². The van der Waals surface area contributed by atoms with Crippen LogP contribution in [-0.4, -0.2) is 23.7 Å². The normalized spacial score (nSPS) is 11.8. The molecule has 0 aliphatic carbocycles. The zero-order valence-electron chi connectivity index (χ0n) is 13.8. The zero-order valence-corrected chi connectivity index (χ0v) is 13.8. The standard InChI is InChI=1S/C19H23FN2O2/c1-14(5-6-15-7-9-18(23)10-8-15)22-19(24)21-12-11-16-3-2-4-17(20)13-16/h2-4,7-10,13-14,23H,5-6,11-12H2,1H3,(H2,21,22,24). The van der Waals surface area contributed by atoms with Gasteiger partial charge in [0.05, 0.1) is 0 Å². The SMILES string of the molecule is CC(CCc1ccc(O)cc1)NC(=O)NCCc1cccc(F)c1. The summed E-state index contributed by atoms with van der Waals surface area (Å²) in [4.78, 5) is 11.8. The number of hydrogen-bond donors (Lipinski definition) is 3. The maximum Gasteiger partial charge on any atom is 0.315 e. The molecule has 4 nitrogen and oxygen atoms in total. The highest BCUT2D eigenvalue weighted by Gasteiger charge is 2.07. The molecular formula is C19H23FN2O2. The molecule has 0 aliphatic rings. The van der Waals surface area contributed by atoms with Gasteiger partial charge in [-0.05, 0) is 61.6 Å². The first-order valence-electron chi connectivity index (χ1n) is 8.09. The van der Waals surface area contributed by atoms with Crippen molar-refractivity contribution in [1.82, 2.24) is 10.6 Å². The summed E-state index contributed by atoms with van der Waals surface area (Å²) in [5, 5.41) is 14.9. The van der Waals surface area contributed by atoms with Crippen LogP contribution in [0, 0.1) is 5.82 Å². The van der Waals surface area contributed by atoms with Crippen LogP contribution < -0.4 is 10.6 Å². The molecule has 1 unspecified atom stereocenters. The Kier molecular flexibility index (Phi) is 6.61. The predicted octanol–water partition coefficient (Wildman–Crippen LogP) is 3.39. The third-order valence-electron chi connectivity index (χ3n) is 3.77. The van der Waals surface area contributed by atoms with Crippen molar-refractivity contribution >= 4 is 6.03 Å². The molecule has 0 aliphatic heterocycles. The number of nitrogens with one attached hydrogen (secondary N) is 2. The van der Waals surface area contributed by atoms with Gasteiger partial charge in [-0.1, -0.05) is 24.3 Å². The largest absolute Gasteiger partial charge is 0.508 e. The van der Waals surface area contributed by atoms with Crippen LogP contribution >= 0.6 is 0 Å². The Morgan fingerprint density at radius 2 is 1.88 bits per heavy atom. The van der Waals surface area contributed by atoms with Crippen molar-refractivity contribution in [1.29, 1.82) is 0 Å². The third-order valence-corrected chi connectivity index (χ3v) is 3.77. The predicted molar refractivity (Wildman–Crippen MR) is 92.5 cm³/mol. The van der Waals surface area contributed by atoms with Crippen molar-refractivity contribution in [2.75, 3.05) is 6.54 Å². The molecule has 2 amide bonds. The summed E-state index contributed by atoms with van der Waals surface area (Å²) in [5.74, 6) is -0.0117. The summed E-state index contributed by atoms with van der Waals surface area (Å²) in [6, 6.07) is 13.3. The van der Waals surface area contributed by atoms with E-state index in [2.05, 4.69) is 10.6 Å². The molecular weight excluding hydrogens is 307 g/mol. The Morgan fingerprint density at radius 1 is 1.12 bits per heavy atom. The minimum atomic E-state index is -0.264. The highest BCUT2D eigenvalue weighted by Crippen LogP contribution is 2.11. The van der Waals surface area contributed by atoms with Crippen molar-refractivity contribution < 1.29 is 14.3 Å². The molecule has 2 aromatic rings. The van der Waals surface area contributed by atoms with Crippen molar-refractivity contribution in [2.24, 2.45) is 0 Å². The van der Waals surface area contributed by atoms with Crippen molar-refractivity contribution in [2.45, 2.75) is 32.2 Å². The lowest BCUT2D eigenvalue weighted by Gasteiger charge is -2.14. The topological polar surface area (TPSA) is 61.4 Å². The van der Waals surface area contributed by atoms with E-state index >= 15 is 0 Å². The number of phenols is 1. The molecule has 0 spiro atoms. The van der Waals surface area contributed by atoms with Gasteiger partial charge in [-0.15, -0.1) is 0 Å².